The van der Waals surface area contributed by atoms with Crippen LogP contribution in [-0.4, -0.2) is 43.7 Å². The standard InChI is InChI=1S/C20H24FN3O5S/c1-13(2)24(4)30(27,28)18-11-5-15(6-12-18)20(26)23-22-19(25)14(3)29-17-9-7-16(21)8-10-17/h5-14H,1-4H3,(H,22,25)(H,23,26). The van der Waals surface area contributed by atoms with Crippen LogP contribution in [0.4, 0.5) is 4.39 Å². The first-order valence-corrected chi connectivity index (χ1v) is 10.6. The maximum absolute atomic E-state index is 12.9. The summed E-state index contributed by atoms with van der Waals surface area (Å²) >= 11 is 0. The van der Waals surface area contributed by atoms with Crippen molar-refractivity contribution in [3.8, 4) is 5.75 Å². The third-order valence-electron chi connectivity index (χ3n) is 4.32. The van der Waals surface area contributed by atoms with E-state index >= 15 is 0 Å². The molecule has 2 aromatic rings. The zero-order chi connectivity index (χ0) is 22.5. The smallest absolute Gasteiger partial charge is 0.279 e. The van der Waals surface area contributed by atoms with Gasteiger partial charge in [-0.15, -0.1) is 0 Å². The predicted octanol–water partition coefficient (Wildman–Crippen LogP) is 2.08. The number of nitrogens with zero attached hydrogens (tertiary/aromatic N) is 1. The SMILES string of the molecule is CC(Oc1ccc(F)cc1)C(=O)NNC(=O)c1ccc(S(=O)(=O)N(C)C(C)C)cc1. The summed E-state index contributed by atoms with van der Waals surface area (Å²) in [5, 5.41) is 0. The topological polar surface area (TPSA) is 105 Å². The van der Waals surface area contributed by atoms with Gasteiger partial charge in [0.05, 0.1) is 4.90 Å². The normalized spacial score (nSPS) is 12.5. The molecule has 0 heterocycles. The fourth-order valence-electron chi connectivity index (χ4n) is 2.29. The summed E-state index contributed by atoms with van der Waals surface area (Å²) in [4.78, 5) is 24.3. The van der Waals surface area contributed by atoms with Crippen LogP contribution in [0.25, 0.3) is 0 Å². The summed E-state index contributed by atoms with van der Waals surface area (Å²) in [5.74, 6) is -1.38. The van der Waals surface area contributed by atoms with Gasteiger partial charge in [0.1, 0.15) is 11.6 Å². The molecule has 0 aliphatic heterocycles. The molecule has 1 unspecified atom stereocenters. The minimum Gasteiger partial charge on any atom is -0.481 e. The first-order chi connectivity index (χ1) is 14.0. The Labute approximate surface area is 175 Å². The highest BCUT2D eigenvalue weighted by Crippen LogP contribution is 2.17. The summed E-state index contributed by atoms with van der Waals surface area (Å²) < 4.78 is 44.4. The van der Waals surface area contributed by atoms with Crippen molar-refractivity contribution in [1.29, 1.82) is 0 Å². The molecule has 1 atom stereocenters. The maximum Gasteiger partial charge on any atom is 0.279 e. The third kappa shape index (κ3) is 5.77. The first kappa shape index (κ1) is 23.3. The van der Waals surface area contributed by atoms with E-state index in [1.807, 2.05) is 0 Å². The lowest BCUT2D eigenvalue weighted by Crippen LogP contribution is -2.47. The summed E-state index contributed by atoms with van der Waals surface area (Å²) in [5.41, 5.74) is 4.62. The number of ether oxygens (including phenoxy) is 1. The molecule has 2 aromatic carbocycles. The molecule has 2 amide bonds. The Bertz CT molecular complexity index is 992. The molecule has 0 fully saturated rings. The van der Waals surface area contributed by atoms with Gasteiger partial charge in [-0.05, 0) is 69.3 Å². The van der Waals surface area contributed by atoms with E-state index < -0.39 is 33.8 Å². The number of hydrazine groups is 1. The van der Waals surface area contributed by atoms with Gasteiger partial charge in [0.15, 0.2) is 6.10 Å². The van der Waals surface area contributed by atoms with Gasteiger partial charge in [0.25, 0.3) is 11.8 Å². The number of rotatable bonds is 7. The number of benzene rings is 2. The molecule has 0 spiro atoms. The summed E-state index contributed by atoms with van der Waals surface area (Å²) in [6, 6.07) is 10.3. The van der Waals surface area contributed by atoms with Crippen LogP contribution >= 0.6 is 0 Å². The Hall–Kier alpha value is -2.98. The Morgan fingerprint density at radius 3 is 2.07 bits per heavy atom. The Morgan fingerprint density at radius 2 is 1.53 bits per heavy atom. The maximum atomic E-state index is 12.9. The first-order valence-electron chi connectivity index (χ1n) is 9.13. The lowest BCUT2D eigenvalue weighted by molar-refractivity contribution is -0.128. The van der Waals surface area contributed by atoms with Crippen molar-refractivity contribution >= 4 is 21.8 Å². The van der Waals surface area contributed by atoms with E-state index in [4.69, 9.17) is 4.74 Å². The molecule has 0 aromatic heterocycles. The van der Waals surface area contributed by atoms with E-state index in [2.05, 4.69) is 10.9 Å². The van der Waals surface area contributed by atoms with Gasteiger partial charge in [-0.3, -0.25) is 20.4 Å². The summed E-state index contributed by atoms with van der Waals surface area (Å²) in [6.07, 6.45) is -0.949. The molecule has 0 radical (unpaired) electrons. The molecule has 162 valence electrons. The van der Waals surface area contributed by atoms with Crippen molar-refractivity contribution in [2.45, 2.75) is 37.8 Å². The van der Waals surface area contributed by atoms with E-state index in [-0.39, 0.29) is 16.5 Å². The number of nitrogens with one attached hydrogen (secondary N) is 2. The summed E-state index contributed by atoms with van der Waals surface area (Å²) in [6.45, 7) is 4.97. The molecule has 2 rings (SSSR count). The van der Waals surface area contributed by atoms with Gasteiger partial charge in [0.2, 0.25) is 10.0 Å². The molecule has 8 nitrogen and oxygen atoms in total. The molecule has 30 heavy (non-hydrogen) atoms. The molecular weight excluding hydrogens is 413 g/mol. The zero-order valence-corrected chi connectivity index (χ0v) is 17.9. The quantitative estimate of drug-likeness (QED) is 0.646. The van der Waals surface area contributed by atoms with Crippen LogP contribution in [0.15, 0.2) is 53.4 Å². The van der Waals surface area contributed by atoms with Crippen molar-refractivity contribution in [1.82, 2.24) is 15.2 Å². The number of amides is 2. The Kier molecular flexibility index (Phi) is 7.52. The van der Waals surface area contributed by atoms with Crippen molar-refractivity contribution in [2.24, 2.45) is 0 Å². The van der Waals surface area contributed by atoms with Gasteiger partial charge < -0.3 is 4.74 Å². The fourth-order valence-corrected chi connectivity index (χ4v) is 3.65. The molecule has 0 saturated heterocycles. The van der Waals surface area contributed by atoms with Crippen molar-refractivity contribution in [2.75, 3.05) is 7.05 Å². The van der Waals surface area contributed by atoms with Crippen molar-refractivity contribution in [3.05, 3.63) is 59.9 Å². The van der Waals surface area contributed by atoms with Crippen LogP contribution in [-0.2, 0) is 14.8 Å². The second kappa shape index (κ2) is 9.68. The highest BCUT2D eigenvalue weighted by atomic mass is 32.2. The third-order valence-corrected chi connectivity index (χ3v) is 6.36. The van der Waals surface area contributed by atoms with Crippen LogP contribution in [0.1, 0.15) is 31.1 Å². The molecule has 0 aliphatic carbocycles. The molecule has 0 bridgehead atoms. The van der Waals surface area contributed by atoms with Gasteiger partial charge in [0, 0.05) is 18.7 Å². The number of carbonyl (C=O) groups excluding carboxylic acids is 2. The van der Waals surface area contributed by atoms with E-state index in [1.165, 1.54) is 66.8 Å². The highest BCUT2D eigenvalue weighted by molar-refractivity contribution is 7.89. The highest BCUT2D eigenvalue weighted by Gasteiger charge is 2.23. The van der Waals surface area contributed by atoms with Crippen LogP contribution in [0.5, 0.6) is 5.75 Å². The number of hydrogen-bond donors (Lipinski definition) is 2. The minimum atomic E-state index is -3.66. The number of carbonyl (C=O) groups is 2. The van der Waals surface area contributed by atoms with Crippen molar-refractivity contribution in [3.63, 3.8) is 0 Å². The Balaban J connectivity index is 1.94. The molecule has 0 aliphatic rings. The van der Waals surface area contributed by atoms with Crippen LogP contribution in [0.3, 0.4) is 0 Å². The average Bonchev–Trinajstić information content (AvgIpc) is 2.72. The minimum absolute atomic E-state index is 0.0561. The number of hydrogen-bond acceptors (Lipinski definition) is 5. The summed E-state index contributed by atoms with van der Waals surface area (Å²) in [7, 11) is -2.18. The second-order valence-corrected chi connectivity index (χ2v) is 8.79. The van der Waals surface area contributed by atoms with Gasteiger partial charge in [-0.2, -0.15) is 4.31 Å². The molecule has 10 heteroatoms. The van der Waals surface area contributed by atoms with Crippen LogP contribution in [0, 0.1) is 5.82 Å². The Morgan fingerprint density at radius 1 is 0.967 bits per heavy atom. The largest absolute Gasteiger partial charge is 0.481 e. The monoisotopic (exact) mass is 437 g/mol. The number of sulfonamides is 1. The second-order valence-electron chi connectivity index (χ2n) is 6.80. The van der Waals surface area contributed by atoms with Gasteiger partial charge >= 0.3 is 0 Å². The lowest BCUT2D eigenvalue weighted by atomic mass is 10.2. The van der Waals surface area contributed by atoms with Crippen LogP contribution < -0.4 is 15.6 Å². The predicted molar refractivity (Wildman–Crippen MR) is 109 cm³/mol. The average molecular weight is 437 g/mol. The fraction of sp³-hybridized carbons (Fsp3) is 0.300. The van der Waals surface area contributed by atoms with Crippen LogP contribution in [0.2, 0.25) is 0 Å². The van der Waals surface area contributed by atoms with Crippen molar-refractivity contribution < 1.29 is 27.1 Å². The van der Waals surface area contributed by atoms with E-state index in [0.717, 1.165) is 0 Å². The van der Waals surface area contributed by atoms with Gasteiger partial charge in [-0.25, -0.2) is 12.8 Å². The van der Waals surface area contributed by atoms with E-state index in [0.29, 0.717) is 5.75 Å². The van der Waals surface area contributed by atoms with Gasteiger partial charge in [-0.1, -0.05) is 0 Å². The molecular formula is C20H24FN3O5S. The van der Waals surface area contributed by atoms with E-state index in [9.17, 15) is 22.4 Å². The zero-order valence-electron chi connectivity index (χ0n) is 17.0. The lowest BCUT2D eigenvalue weighted by Gasteiger charge is -2.21. The molecule has 2 N–H and O–H groups in total. The number of halogens is 1. The van der Waals surface area contributed by atoms with E-state index in [1.54, 1.807) is 13.8 Å². The molecule has 0 saturated carbocycles.